The molecule has 26 heavy (non-hydrogen) atoms. The number of aliphatic hydroxyl groups is 1. The van der Waals surface area contributed by atoms with Gasteiger partial charge in [-0.15, -0.1) is 0 Å². The van der Waals surface area contributed by atoms with E-state index in [1.807, 2.05) is 30.3 Å². The summed E-state index contributed by atoms with van der Waals surface area (Å²) in [5, 5.41) is 35.2. The molecule has 132 valence electrons. The Bertz CT molecular complexity index is 1100. The van der Waals surface area contributed by atoms with Crippen LogP contribution >= 0.6 is 0 Å². The molecule has 0 aliphatic rings. The number of nitro groups is 1. The van der Waals surface area contributed by atoms with Gasteiger partial charge in [-0.1, -0.05) is 12.1 Å². The maximum atomic E-state index is 11.1. The van der Waals surface area contributed by atoms with Crippen LogP contribution in [0.3, 0.4) is 0 Å². The Morgan fingerprint density at radius 2 is 2.08 bits per heavy atom. The fraction of sp³-hybridized carbons (Fsp3) is 0.235. The average molecular weight is 352 g/mol. The number of aliphatic hydroxyl groups excluding tert-OH is 1. The molecule has 0 amide bonds. The largest absolute Gasteiger partial charge is 0.509 e. The van der Waals surface area contributed by atoms with E-state index in [0.29, 0.717) is 17.0 Å². The topological polar surface area (TPSA) is 123 Å². The molecule has 0 saturated carbocycles. The second-order valence-corrected chi connectivity index (χ2v) is 5.85. The summed E-state index contributed by atoms with van der Waals surface area (Å²) in [4.78, 5) is 15.0. The number of allylic oxidation sites excluding steroid dienone is 2. The lowest BCUT2D eigenvalue weighted by atomic mass is 10.2. The van der Waals surface area contributed by atoms with Gasteiger partial charge < -0.3 is 9.67 Å². The molecule has 0 fully saturated rings. The zero-order chi connectivity index (χ0) is 19.0. The second-order valence-electron chi connectivity index (χ2n) is 5.85. The zero-order valence-electron chi connectivity index (χ0n) is 14.5. The Hall–Kier alpha value is -3.67. The maximum Gasteiger partial charge on any atom is 0.312 e. The normalized spacial score (nSPS) is 12.1. The van der Waals surface area contributed by atoms with Gasteiger partial charge in [0, 0.05) is 7.05 Å². The molecule has 0 saturated heterocycles. The van der Waals surface area contributed by atoms with E-state index in [1.165, 1.54) is 11.6 Å². The highest BCUT2D eigenvalue weighted by atomic mass is 16.6. The van der Waals surface area contributed by atoms with E-state index in [-0.39, 0.29) is 29.3 Å². The molecule has 0 spiro atoms. The number of benzene rings is 1. The molecule has 0 aliphatic carbocycles. The Morgan fingerprint density at radius 3 is 2.65 bits per heavy atom. The first-order valence-electron chi connectivity index (χ1n) is 7.77. The van der Waals surface area contributed by atoms with Crippen molar-refractivity contribution < 1.29 is 10.0 Å². The number of nitriles is 1. The molecular formula is C17H16N6O3. The maximum absolute atomic E-state index is 11.1. The molecule has 3 aromatic rings. The number of rotatable bonds is 4. The monoisotopic (exact) mass is 352 g/mol. The number of aryl methyl sites for hydroxylation is 2. The fourth-order valence-corrected chi connectivity index (χ4v) is 2.94. The van der Waals surface area contributed by atoms with Gasteiger partial charge in [0.1, 0.15) is 35.3 Å². The molecule has 2 heterocycles. The SMILES string of the molecule is Cc1nn(C/C(O)=C(\C#N)c2nc3ccccc3n2C)c(C)c1[N+](=O)[O-]. The fourth-order valence-electron chi connectivity index (χ4n) is 2.94. The van der Waals surface area contributed by atoms with E-state index in [9.17, 15) is 20.5 Å². The van der Waals surface area contributed by atoms with E-state index >= 15 is 0 Å². The molecule has 1 aromatic carbocycles. The van der Waals surface area contributed by atoms with Crippen molar-refractivity contribution in [2.24, 2.45) is 7.05 Å². The molecule has 0 bridgehead atoms. The summed E-state index contributed by atoms with van der Waals surface area (Å²) in [5.74, 6) is 0.0636. The van der Waals surface area contributed by atoms with Gasteiger partial charge >= 0.3 is 5.69 Å². The van der Waals surface area contributed by atoms with Crippen LogP contribution in [-0.4, -0.2) is 29.4 Å². The lowest BCUT2D eigenvalue weighted by molar-refractivity contribution is -0.386. The molecule has 0 radical (unpaired) electrons. The van der Waals surface area contributed by atoms with Gasteiger partial charge in [0.25, 0.3) is 0 Å². The van der Waals surface area contributed by atoms with Gasteiger partial charge in [-0.3, -0.25) is 14.8 Å². The highest BCUT2D eigenvalue weighted by Gasteiger charge is 2.23. The first-order valence-corrected chi connectivity index (χ1v) is 7.77. The summed E-state index contributed by atoms with van der Waals surface area (Å²) >= 11 is 0. The summed E-state index contributed by atoms with van der Waals surface area (Å²) in [7, 11) is 1.75. The predicted octanol–water partition coefficient (Wildman–Crippen LogP) is 2.79. The third-order valence-electron chi connectivity index (χ3n) is 4.24. The lowest BCUT2D eigenvalue weighted by Gasteiger charge is -2.06. The summed E-state index contributed by atoms with van der Waals surface area (Å²) in [6.45, 7) is 2.91. The summed E-state index contributed by atoms with van der Waals surface area (Å²) in [6.07, 6.45) is 0. The van der Waals surface area contributed by atoms with Crippen LogP contribution in [0.25, 0.3) is 16.6 Å². The second kappa shape index (κ2) is 6.33. The number of fused-ring (bicyclic) bond motifs is 1. The molecule has 0 atom stereocenters. The minimum Gasteiger partial charge on any atom is -0.509 e. The summed E-state index contributed by atoms with van der Waals surface area (Å²) in [6, 6.07) is 9.35. The lowest BCUT2D eigenvalue weighted by Crippen LogP contribution is -2.08. The summed E-state index contributed by atoms with van der Waals surface area (Å²) in [5.41, 5.74) is 1.98. The van der Waals surface area contributed by atoms with E-state index in [2.05, 4.69) is 10.1 Å². The van der Waals surface area contributed by atoms with Gasteiger partial charge in [-0.2, -0.15) is 10.4 Å². The highest BCUT2D eigenvalue weighted by molar-refractivity contribution is 5.83. The van der Waals surface area contributed by atoms with Gasteiger partial charge in [0.05, 0.1) is 16.0 Å². The van der Waals surface area contributed by atoms with E-state index < -0.39 is 4.92 Å². The van der Waals surface area contributed by atoms with Gasteiger partial charge in [0.15, 0.2) is 5.82 Å². The Balaban J connectivity index is 2.08. The molecular weight excluding hydrogens is 336 g/mol. The van der Waals surface area contributed by atoms with Crippen molar-refractivity contribution in [2.75, 3.05) is 0 Å². The predicted molar refractivity (Wildman–Crippen MR) is 94.2 cm³/mol. The smallest absolute Gasteiger partial charge is 0.312 e. The molecule has 9 heteroatoms. The quantitative estimate of drug-likeness (QED) is 0.333. The first-order chi connectivity index (χ1) is 12.3. The Kier molecular flexibility index (Phi) is 4.18. The summed E-state index contributed by atoms with van der Waals surface area (Å²) < 4.78 is 3.02. The van der Waals surface area contributed by atoms with Gasteiger partial charge in [0.2, 0.25) is 0 Å². The van der Waals surface area contributed by atoms with Crippen LogP contribution in [0.15, 0.2) is 30.0 Å². The third-order valence-corrected chi connectivity index (χ3v) is 4.24. The number of aromatic nitrogens is 4. The van der Waals surface area contributed by atoms with Crippen LogP contribution in [0.2, 0.25) is 0 Å². The number of para-hydroxylation sites is 2. The van der Waals surface area contributed by atoms with Crippen molar-refractivity contribution in [2.45, 2.75) is 20.4 Å². The number of hydrogen-bond donors (Lipinski definition) is 1. The molecule has 0 aliphatic heterocycles. The van der Waals surface area contributed by atoms with Crippen molar-refractivity contribution >= 4 is 22.3 Å². The van der Waals surface area contributed by atoms with Crippen LogP contribution < -0.4 is 0 Å². The number of nitrogens with zero attached hydrogens (tertiary/aromatic N) is 6. The number of hydrogen-bond acceptors (Lipinski definition) is 6. The number of imidazole rings is 1. The van der Waals surface area contributed by atoms with Crippen LogP contribution in [0.1, 0.15) is 17.2 Å². The Labute approximate surface area is 148 Å². The molecule has 9 nitrogen and oxygen atoms in total. The van der Waals surface area contributed by atoms with Crippen molar-refractivity contribution in [1.29, 1.82) is 5.26 Å². The minimum absolute atomic E-state index is 0.00101. The van der Waals surface area contributed by atoms with E-state index in [4.69, 9.17) is 0 Å². The minimum atomic E-state index is -0.508. The zero-order valence-corrected chi connectivity index (χ0v) is 14.5. The van der Waals surface area contributed by atoms with Gasteiger partial charge in [-0.05, 0) is 26.0 Å². The Morgan fingerprint density at radius 1 is 1.38 bits per heavy atom. The van der Waals surface area contributed by atoms with Gasteiger partial charge in [-0.25, -0.2) is 4.98 Å². The highest BCUT2D eigenvalue weighted by Crippen LogP contribution is 2.25. The molecule has 0 unspecified atom stereocenters. The average Bonchev–Trinajstić information content (AvgIpc) is 3.06. The van der Waals surface area contributed by atoms with Crippen molar-refractivity contribution in [3.63, 3.8) is 0 Å². The van der Waals surface area contributed by atoms with Crippen LogP contribution in [-0.2, 0) is 13.6 Å². The van der Waals surface area contributed by atoms with Crippen LogP contribution in [0.5, 0.6) is 0 Å². The molecule has 3 rings (SSSR count). The van der Waals surface area contributed by atoms with Crippen LogP contribution in [0, 0.1) is 35.3 Å². The first kappa shape index (κ1) is 17.2. The van der Waals surface area contributed by atoms with Crippen LogP contribution in [0.4, 0.5) is 5.69 Å². The van der Waals surface area contributed by atoms with Crippen molar-refractivity contribution in [3.8, 4) is 6.07 Å². The third kappa shape index (κ3) is 2.67. The molecule has 2 aromatic heterocycles. The molecule has 1 N–H and O–H groups in total. The van der Waals surface area contributed by atoms with E-state index in [0.717, 1.165) is 5.52 Å². The van der Waals surface area contributed by atoms with Crippen molar-refractivity contribution in [1.82, 2.24) is 19.3 Å². The van der Waals surface area contributed by atoms with Crippen molar-refractivity contribution in [3.05, 3.63) is 57.4 Å². The standard InChI is InChI=1S/C17H16N6O3/c1-10-16(23(25)26)11(2)22(20-10)9-15(24)12(8-18)17-19-13-6-4-5-7-14(13)21(17)3/h4-7,24H,9H2,1-3H3/b15-12-. The van der Waals surface area contributed by atoms with E-state index in [1.54, 1.807) is 18.5 Å².